The monoisotopic (exact) mass is 488 g/mol. The molecule has 0 spiro atoms. The average molecular weight is 489 g/mol. The van der Waals surface area contributed by atoms with Gasteiger partial charge in [0.25, 0.3) is 5.91 Å². The number of hydrogen-bond acceptors (Lipinski definition) is 7. The Bertz CT molecular complexity index is 1200. The van der Waals surface area contributed by atoms with E-state index in [1.807, 2.05) is 20.8 Å². The van der Waals surface area contributed by atoms with Crippen molar-refractivity contribution in [2.24, 2.45) is 5.92 Å². The lowest BCUT2D eigenvalue weighted by Gasteiger charge is -2.33. The van der Waals surface area contributed by atoms with Crippen LogP contribution in [0.1, 0.15) is 51.7 Å². The standard InChI is InChI=1S/C25H32N2O8/c1-6-13(2)22(24(31)32)27-18(28)11-26-19(29)12-33-17-10-16-15(7-8-25(4,5)35-16)23-21(17)14(3)9-20(30)34-23/h9-10,13,22H,6-8,11-12H2,1-5H3,(H,26,29)(H,27,28)(H,31,32)/t13-,22-/m1/s1. The molecule has 35 heavy (non-hydrogen) atoms. The minimum absolute atomic E-state index is 0.261. The van der Waals surface area contributed by atoms with Gasteiger partial charge in [0, 0.05) is 17.7 Å². The smallest absolute Gasteiger partial charge is 0.336 e. The molecule has 1 aliphatic heterocycles. The van der Waals surface area contributed by atoms with Crippen LogP contribution in [0.15, 0.2) is 21.3 Å². The highest BCUT2D eigenvalue weighted by Crippen LogP contribution is 2.42. The van der Waals surface area contributed by atoms with Crippen molar-refractivity contribution in [2.45, 2.75) is 65.5 Å². The number of nitrogens with one attached hydrogen (secondary N) is 2. The Hall–Kier alpha value is -3.56. The van der Waals surface area contributed by atoms with E-state index in [0.717, 1.165) is 12.0 Å². The summed E-state index contributed by atoms with van der Waals surface area (Å²) in [4.78, 5) is 47.9. The molecule has 1 aromatic carbocycles. The summed E-state index contributed by atoms with van der Waals surface area (Å²) >= 11 is 0. The number of carbonyl (C=O) groups excluding carboxylic acids is 2. The molecule has 2 heterocycles. The Morgan fingerprint density at radius 1 is 1.23 bits per heavy atom. The van der Waals surface area contributed by atoms with E-state index < -0.39 is 48.2 Å². The van der Waals surface area contributed by atoms with E-state index >= 15 is 0 Å². The third-order valence-electron chi connectivity index (χ3n) is 6.20. The molecule has 2 aromatic rings. The van der Waals surface area contributed by atoms with Gasteiger partial charge in [0.1, 0.15) is 28.7 Å². The van der Waals surface area contributed by atoms with Gasteiger partial charge in [-0.15, -0.1) is 0 Å². The zero-order chi connectivity index (χ0) is 25.9. The number of aliphatic carboxylic acids is 1. The van der Waals surface area contributed by atoms with Gasteiger partial charge in [0.05, 0.1) is 11.9 Å². The minimum Gasteiger partial charge on any atom is -0.487 e. The molecule has 0 radical (unpaired) electrons. The lowest BCUT2D eigenvalue weighted by molar-refractivity contribution is -0.143. The Morgan fingerprint density at radius 3 is 2.60 bits per heavy atom. The van der Waals surface area contributed by atoms with E-state index in [2.05, 4.69) is 10.6 Å². The normalized spacial score (nSPS) is 15.9. The highest BCUT2D eigenvalue weighted by Gasteiger charge is 2.31. The van der Waals surface area contributed by atoms with E-state index in [1.165, 1.54) is 6.07 Å². The summed E-state index contributed by atoms with van der Waals surface area (Å²) < 4.78 is 17.3. The van der Waals surface area contributed by atoms with Gasteiger partial charge < -0.3 is 29.6 Å². The second kappa shape index (κ2) is 10.4. The average Bonchev–Trinajstić information content (AvgIpc) is 2.77. The third-order valence-corrected chi connectivity index (χ3v) is 6.20. The lowest BCUT2D eigenvalue weighted by Crippen LogP contribution is -2.48. The summed E-state index contributed by atoms with van der Waals surface area (Å²) in [7, 11) is 0. The van der Waals surface area contributed by atoms with Gasteiger partial charge in [-0.3, -0.25) is 9.59 Å². The fourth-order valence-electron chi connectivity index (χ4n) is 4.02. The fraction of sp³-hybridized carbons (Fsp3) is 0.520. The maximum Gasteiger partial charge on any atom is 0.336 e. The van der Waals surface area contributed by atoms with Gasteiger partial charge in [-0.2, -0.15) is 0 Å². The first-order valence-corrected chi connectivity index (χ1v) is 11.6. The first-order chi connectivity index (χ1) is 16.4. The number of hydrogen-bond donors (Lipinski definition) is 3. The van der Waals surface area contributed by atoms with Crippen molar-refractivity contribution in [3.05, 3.63) is 33.7 Å². The highest BCUT2D eigenvalue weighted by atomic mass is 16.5. The Morgan fingerprint density at radius 2 is 1.94 bits per heavy atom. The number of carbonyl (C=O) groups is 3. The number of amides is 2. The van der Waals surface area contributed by atoms with E-state index in [-0.39, 0.29) is 5.92 Å². The molecule has 0 aliphatic carbocycles. The quantitative estimate of drug-likeness (QED) is 0.456. The van der Waals surface area contributed by atoms with Crippen LogP contribution in [0.25, 0.3) is 11.0 Å². The van der Waals surface area contributed by atoms with Crippen LogP contribution >= 0.6 is 0 Å². The molecule has 3 rings (SSSR count). The van der Waals surface area contributed by atoms with Crippen molar-refractivity contribution in [3.8, 4) is 11.5 Å². The molecule has 190 valence electrons. The highest BCUT2D eigenvalue weighted by molar-refractivity contribution is 5.92. The van der Waals surface area contributed by atoms with Crippen LogP contribution in [0, 0.1) is 12.8 Å². The summed E-state index contributed by atoms with van der Waals surface area (Å²) in [6.07, 6.45) is 1.99. The Labute approximate surface area is 203 Å². The molecule has 1 aromatic heterocycles. The van der Waals surface area contributed by atoms with Gasteiger partial charge in [0.2, 0.25) is 5.91 Å². The SMILES string of the molecule is CC[C@@H](C)[C@@H](NC(=O)CNC(=O)COc1cc2c(c3oc(=O)cc(C)c13)CCC(C)(C)O2)C(=O)O. The third kappa shape index (κ3) is 6.12. The maximum absolute atomic E-state index is 12.4. The topological polar surface area (TPSA) is 144 Å². The second-order valence-electron chi connectivity index (χ2n) is 9.50. The molecule has 0 saturated carbocycles. The van der Waals surface area contributed by atoms with Crippen LogP contribution in [0.4, 0.5) is 0 Å². The van der Waals surface area contributed by atoms with Crippen LogP contribution in [-0.4, -0.2) is 47.7 Å². The van der Waals surface area contributed by atoms with Gasteiger partial charge in [-0.1, -0.05) is 20.3 Å². The van der Waals surface area contributed by atoms with Gasteiger partial charge in [0.15, 0.2) is 6.61 Å². The van der Waals surface area contributed by atoms with Crippen molar-refractivity contribution in [3.63, 3.8) is 0 Å². The summed E-state index contributed by atoms with van der Waals surface area (Å²) in [5.74, 6) is -1.73. The van der Waals surface area contributed by atoms with Crippen molar-refractivity contribution < 1.29 is 33.4 Å². The summed E-state index contributed by atoms with van der Waals surface area (Å²) in [6.45, 7) is 8.43. The summed E-state index contributed by atoms with van der Waals surface area (Å²) in [5, 5.41) is 14.7. The van der Waals surface area contributed by atoms with Crippen molar-refractivity contribution >= 4 is 28.8 Å². The molecule has 0 bridgehead atoms. The van der Waals surface area contributed by atoms with Crippen molar-refractivity contribution in [2.75, 3.05) is 13.2 Å². The Kier molecular flexibility index (Phi) is 7.72. The van der Waals surface area contributed by atoms with E-state index in [4.69, 9.17) is 13.9 Å². The molecule has 10 nitrogen and oxygen atoms in total. The van der Waals surface area contributed by atoms with Crippen LogP contribution in [0.5, 0.6) is 11.5 Å². The molecule has 2 atom stereocenters. The van der Waals surface area contributed by atoms with Crippen LogP contribution < -0.4 is 25.7 Å². The minimum atomic E-state index is -1.13. The number of aryl methyl sites for hydroxylation is 2. The number of ether oxygens (including phenoxy) is 2. The largest absolute Gasteiger partial charge is 0.487 e. The molecule has 2 amide bonds. The van der Waals surface area contributed by atoms with Crippen LogP contribution in [0.3, 0.4) is 0 Å². The predicted octanol–water partition coefficient (Wildman–Crippen LogP) is 2.32. The number of carboxylic acids is 1. The molecular weight excluding hydrogens is 456 g/mol. The first-order valence-electron chi connectivity index (χ1n) is 11.6. The zero-order valence-electron chi connectivity index (χ0n) is 20.6. The van der Waals surface area contributed by atoms with E-state index in [1.54, 1.807) is 19.9 Å². The molecule has 0 fully saturated rings. The van der Waals surface area contributed by atoms with E-state index in [9.17, 15) is 24.3 Å². The number of fused-ring (bicyclic) bond motifs is 3. The Balaban J connectivity index is 1.72. The molecule has 0 unspecified atom stereocenters. The number of benzene rings is 1. The van der Waals surface area contributed by atoms with Crippen molar-refractivity contribution in [1.82, 2.24) is 10.6 Å². The van der Waals surface area contributed by atoms with Gasteiger partial charge in [-0.05, 0) is 45.1 Å². The zero-order valence-corrected chi connectivity index (χ0v) is 20.6. The van der Waals surface area contributed by atoms with E-state index in [0.29, 0.717) is 40.9 Å². The summed E-state index contributed by atoms with van der Waals surface area (Å²) in [5.41, 5.74) is 0.907. The predicted molar refractivity (Wildman–Crippen MR) is 128 cm³/mol. The maximum atomic E-state index is 12.4. The molecular formula is C25H32N2O8. The molecule has 1 aliphatic rings. The number of rotatable bonds is 9. The number of carboxylic acid groups (broad SMARTS) is 1. The molecule has 0 saturated heterocycles. The van der Waals surface area contributed by atoms with Crippen LogP contribution in [0.2, 0.25) is 0 Å². The summed E-state index contributed by atoms with van der Waals surface area (Å²) in [6, 6.07) is 2.01. The van der Waals surface area contributed by atoms with Gasteiger partial charge in [-0.25, -0.2) is 9.59 Å². The van der Waals surface area contributed by atoms with Crippen LogP contribution in [-0.2, 0) is 20.8 Å². The first kappa shape index (κ1) is 26.1. The second-order valence-corrected chi connectivity index (χ2v) is 9.50. The fourth-order valence-corrected chi connectivity index (χ4v) is 4.02. The molecule has 3 N–H and O–H groups in total. The molecule has 10 heteroatoms. The van der Waals surface area contributed by atoms with Crippen molar-refractivity contribution in [1.29, 1.82) is 0 Å². The van der Waals surface area contributed by atoms with Gasteiger partial charge >= 0.3 is 11.6 Å². The lowest BCUT2D eigenvalue weighted by atomic mass is 9.92.